The summed E-state index contributed by atoms with van der Waals surface area (Å²) >= 11 is 0. The molecule has 0 amide bonds. The molecule has 0 unspecified atom stereocenters. The Kier molecular flexibility index (Phi) is 3.75. The minimum absolute atomic E-state index is 0.195. The molecule has 6 heteroatoms. The first-order valence-corrected chi connectivity index (χ1v) is 7.83. The van der Waals surface area contributed by atoms with E-state index in [1.54, 1.807) is 12.3 Å². The topological polar surface area (TPSA) is 62.6 Å². The number of benzene rings is 1. The average molecular weight is 314 g/mol. The van der Waals surface area contributed by atoms with Crippen molar-refractivity contribution >= 4 is 6.29 Å². The molecule has 1 fully saturated rings. The molecule has 0 aliphatic carbocycles. The van der Waals surface area contributed by atoms with Gasteiger partial charge in [0.05, 0.1) is 6.20 Å². The Balaban J connectivity index is 1.60. The third-order valence-corrected chi connectivity index (χ3v) is 4.40. The molecule has 1 saturated heterocycles. The zero-order chi connectivity index (χ0) is 15.6. The molecule has 6 nitrogen and oxygen atoms in total. The molecule has 0 bridgehead atoms. The van der Waals surface area contributed by atoms with E-state index in [2.05, 4.69) is 5.10 Å². The molecule has 0 spiro atoms. The Labute approximate surface area is 134 Å². The highest BCUT2D eigenvalue weighted by Gasteiger charge is 2.19. The van der Waals surface area contributed by atoms with Gasteiger partial charge in [0, 0.05) is 37.1 Å². The van der Waals surface area contributed by atoms with Gasteiger partial charge in [-0.3, -0.25) is 9.48 Å². The first-order chi connectivity index (χ1) is 11.3. The van der Waals surface area contributed by atoms with Crippen LogP contribution in [0.2, 0.25) is 0 Å². The number of ether oxygens (including phenoxy) is 3. The Hall–Kier alpha value is -2.34. The predicted molar refractivity (Wildman–Crippen MR) is 82.7 cm³/mol. The third-order valence-electron chi connectivity index (χ3n) is 4.40. The van der Waals surface area contributed by atoms with E-state index in [0.29, 0.717) is 23.0 Å². The van der Waals surface area contributed by atoms with Crippen LogP contribution in [0.3, 0.4) is 0 Å². The van der Waals surface area contributed by atoms with Crippen LogP contribution in [0.1, 0.15) is 23.2 Å². The first-order valence-electron chi connectivity index (χ1n) is 7.83. The van der Waals surface area contributed by atoms with Crippen molar-refractivity contribution in [2.45, 2.75) is 19.4 Å². The molecule has 0 radical (unpaired) electrons. The molecule has 2 aliphatic rings. The van der Waals surface area contributed by atoms with Crippen LogP contribution in [-0.2, 0) is 11.3 Å². The summed E-state index contributed by atoms with van der Waals surface area (Å²) in [6, 6.07) is 3.57. The van der Waals surface area contributed by atoms with Gasteiger partial charge >= 0.3 is 0 Å². The second kappa shape index (κ2) is 6.04. The van der Waals surface area contributed by atoms with Crippen molar-refractivity contribution in [1.82, 2.24) is 9.78 Å². The minimum Gasteiger partial charge on any atom is -0.454 e. The number of nitrogens with zero attached hydrogens (tertiary/aromatic N) is 2. The average Bonchev–Trinajstić information content (AvgIpc) is 3.23. The van der Waals surface area contributed by atoms with Gasteiger partial charge in [0.1, 0.15) is 0 Å². The van der Waals surface area contributed by atoms with Gasteiger partial charge in [0.15, 0.2) is 17.8 Å². The molecule has 2 aliphatic heterocycles. The van der Waals surface area contributed by atoms with Gasteiger partial charge in [-0.25, -0.2) is 0 Å². The molecular formula is C17H18N2O4. The van der Waals surface area contributed by atoms with Crippen LogP contribution in [0.15, 0.2) is 24.5 Å². The summed E-state index contributed by atoms with van der Waals surface area (Å²) in [5, 5.41) is 4.44. The van der Waals surface area contributed by atoms with Crippen molar-refractivity contribution in [2.24, 2.45) is 5.92 Å². The number of hydrogen-bond acceptors (Lipinski definition) is 5. The van der Waals surface area contributed by atoms with Gasteiger partial charge < -0.3 is 14.2 Å². The summed E-state index contributed by atoms with van der Waals surface area (Å²) in [6.07, 6.45) is 6.76. The molecule has 0 atom stereocenters. The van der Waals surface area contributed by atoms with Crippen molar-refractivity contribution in [2.75, 3.05) is 20.0 Å². The summed E-state index contributed by atoms with van der Waals surface area (Å²) in [5.74, 6) is 1.88. The molecule has 0 saturated carbocycles. The maximum atomic E-state index is 11.4. The highest BCUT2D eigenvalue weighted by atomic mass is 16.7. The lowest BCUT2D eigenvalue weighted by molar-refractivity contribution is 0.0601. The van der Waals surface area contributed by atoms with Crippen molar-refractivity contribution in [1.29, 1.82) is 0 Å². The third kappa shape index (κ3) is 2.82. The summed E-state index contributed by atoms with van der Waals surface area (Å²) in [5.41, 5.74) is 2.32. The van der Waals surface area contributed by atoms with Crippen molar-refractivity contribution in [3.05, 3.63) is 30.1 Å². The molecule has 1 aromatic heterocycles. The van der Waals surface area contributed by atoms with E-state index in [1.807, 2.05) is 16.9 Å². The lowest BCUT2D eigenvalue weighted by Crippen LogP contribution is -2.20. The fourth-order valence-corrected chi connectivity index (χ4v) is 3.10. The fourth-order valence-electron chi connectivity index (χ4n) is 3.10. The molecular weight excluding hydrogens is 296 g/mol. The number of carbonyl (C=O) groups excluding carboxylic acids is 1. The van der Waals surface area contributed by atoms with Gasteiger partial charge in [-0.1, -0.05) is 0 Å². The number of fused-ring (bicyclic) bond motifs is 1. The number of aldehydes is 1. The van der Waals surface area contributed by atoms with Crippen molar-refractivity contribution in [3.8, 4) is 22.6 Å². The van der Waals surface area contributed by atoms with Gasteiger partial charge in [0.25, 0.3) is 0 Å². The summed E-state index contributed by atoms with van der Waals surface area (Å²) in [4.78, 5) is 11.4. The van der Waals surface area contributed by atoms with Gasteiger partial charge in [0.2, 0.25) is 6.79 Å². The Morgan fingerprint density at radius 1 is 1.22 bits per heavy atom. The number of carbonyl (C=O) groups is 1. The summed E-state index contributed by atoms with van der Waals surface area (Å²) in [6.45, 7) is 2.73. The lowest BCUT2D eigenvalue weighted by Gasteiger charge is -2.21. The second-order valence-corrected chi connectivity index (χ2v) is 5.92. The van der Waals surface area contributed by atoms with E-state index in [9.17, 15) is 4.79 Å². The van der Waals surface area contributed by atoms with E-state index < -0.39 is 0 Å². The lowest BCUT2D eigenvalue weighted by atomic mass is 10.0. The van der Waals surface area contributed by atoms with E-state index in [-0.39, 0.29) is 6.79 Å². The molecule has 2 aromatic rings. The van der Waals surface area contributed by atoms with Crippen LogP contribution < -0.4 is 9.47 Å². The molecule has 4 rings (SSSR count). The number of aromatic nitrogens is 2. The quantitative estimate of drug-likeness (QED) is 0.812. The Bertz CT molecular complexity index is 719. The fraction of sp³-hybridized carbons (Fsp3) is 0.412. The van der Waals surface area contributed by atoms with Crippen LogP contribution in [0.25, 0.3) is 11.1 Å². The van der Waals surface area contributed by atoms with Crippen LogP contribution in [0, 0.1) is 5.92 Å². The van der Waals surface area contributed by atoms with E-state index >= 15 is 0 Å². The maximum absolute atomic E-state index is 11.4. The van der Waals surface area contributed by atoms with Crippen LogP contribution in [0.5, 0.6) is 11.5 Å². The van der Waals surface area contributed by atoms with Crippen LogP contribution >= 0.6 is 0 Å². The minimum atomic E-state index is 0.195. The number of rotatable bonds is 4. The largest absolute Gasteiger partial charge is 0.454 e. The van der Waals surface area contributed by atoms with Gasteiger partial charge in [-0.15, -0.1) is 0 Å². The van der Waals surface area contributed by atoms with Gasteiger partial charge in [-0.05, 0) is 36.5 Å². The highest BCUT2D eigenvalue weighted by molar-refractivity contribution is 5.89. The van der Waals surface area contributed by atoms with Crippen molar-refractivity contribution in [3.63, 3.8) is 0 Å². The highest BCUT2D eigenvalue weighted by Crippen LogP contribution is 2.38. The zero-order valence-corrected chi connectivity index (χ0v) is 12.7. The smallest absolute Gasteiger partial charge is 0.231 e. The zero-order valence-electron chi connectivity index (χ0n) is 12.7. The Morgan fingerprint density at radius 2 is 2.00 bits per heavy atom. The maximum Gasteiger partial charge on any atom is 0.231 e. The molecule has 0 N–H and O–H groups in total. The molecule has 1 aromatic carbocycles. The van der Waals surface area contributed by atoms with E-state index in [1.165, 1.54) is 0 Å². The standard InChI is InChI=1S/C17H18N2O4/c20-10-13-5-16-17(23-11-22-16)6-15(13)14-7-18-19(9-14)8-12-1-3-21-4-2-12/h5-7,9-10,12H,1-4,8,11H2. The van der Waals surface area contributed by atoms with Crippen LogP contribution in [-0.4, -0.2) is 36.1 Å². The summed E-state index contributed by atoms with van der Waals surface area (Å²) < 4.78 is 18.1. The van der Waals surface area contributed by atoms with E-state index in [0.717, 1.165) is 50.0 Å². The SMILES string of the molecule is O=Cc1cc2c(cc1-c1cnn(CC3CCOCC3)c1)OCO2. The predicted octanol–water partition coefficient (Wildman–Crippen LogP) is 2.52. The van der Waals surface area contributed by atoms with Gasteiger partial charge in [-0.2, -0.15) is 5.10 Å². The number of hydrogen-bond donors (Lipinski definition) is 0. The van der Waals surface area contributed by atoms with Crippen molar-refractivity contribution < 1.29 is 19.0 Å². The Morgan fingerprint density at radius 3 is 2.78 bits per heavy atom. The summed E-state index contributed by atoms with van der Waals surface area (Å²) in [7, 11) is 0. The normalized spacial score (nSPS) is 17.4. The molecule has 3 heterocycles. The molecule has 120 valence electrons. The molecule has 23 heavy (non-hydrogen) atoms. The monoisotopic (exact) mass is 314 g/mol. The first kappa shape index (κ1) is 14.3. The van der Waals surface area contributed by atoms with E-state index in [4.69, 9.17) is 14.2 Å². The second-order valence-electron chi connectivity index (χ2n) is 5.92. The van der Waals surface area contributed by atoms with Crippen LogP contribution in [0.4, 0.5) is 0 Å².